The van der Waals surface area contributed by atoms with E-state index < -0.39 is 18.2 Å². The van der Waals surface area contributed by atoms with Crippen molar-refractivity contribution in [2.45, 2.75) is 25.4 Å². The van der Waals surface area contributed by atoms with E-state index in [1.165, 1.54) is 4.90 Å². The van der Waals surface area contributed by atoms with E-state index >= 15 is 0 Å². The Balaban J connectivity index is 1.64. The van der Waals surface area contributed by atoms with Crippen molar-refractivity contribution in [3.63, 3.8) is 0 Å². The van der Waals surface area contributed by atoms with Crippen molar-refractivity contribution in [1.29, 1.82) is 0 Å². The fourth-order valence-corrected chi connectivity index (χ4v) is 2.96. The van der Waals surface area contributed by atoms with Crippen LogP contribution >= 0.6 is 0 Å². The Morgan fingerprint density at radius 2 is 1.56 bits per heavy atom. The van der Waals surface area contributed by atoms with Gasteiger partial charge in [0.2, 0.25) is 0 Å². The third-order valence-corrected chi connectivity index (χ3v) is 4.56. The maximum Gasteiger partial charge on any atom is 0.471 e. The average Bonchev–Trinajstić information content (AvgIpc) is 2.62. The molecule has 0 aromatic heterocycles. The molecule has 1 aromatic carbocycles. The molecule has 1 aromatic rings. The van der Waals surface area contributed by atoms with Crippen molar-refractivity contribution in [2.75, 3.05) is 39.3 Å². The van der Waals surface area contributed by atoms with Crippen LogP contribution in [-0.4, -0.2) is 72.4 Å². The van der Waals surface area contributed by atoms with Gasteiger partial charge in [-0.05, 0) is 36.9 Å². The van der Waals surface area contributed by atoms with Crippen LogP contribution in [0.1, 0.15) is 17.5 Å². The van der Waals surface area contributed by atoms with E-state index in [-0.39, 0.29) is 6.54 Å². The van der Waals surface area contributed by atoms with Gasteiger partial charge in [0.05, 0.1) is 0 Å². The van der Waals surface area contributed by atoms with Gasteiger partial charge >= 0.3 is 18.2 Å². The molecule has 6 nitrogen and oxygen atoms in total. The maximum absolute atomic E-state index is 12.1. The molecule has 0 spiro atoms. The molecule has 9 heteroatoms. The number of carboxylic acid groups (broad SMARTS) is 1. The molecule has 2 N–H and O–H groups in total. The van der Waals surface area contributed by atoms with E-state index in [1.54, 1.807) is 0 Å². The highest BCUT2D eigenvalue weighted by Gasteiger charge is 2.38. The number of nitrogens with one attached hydrogen (secondary N) is 1. The van der Waals surface area contributed by atoms with Crippen molar-refractivity contribution in [3.05, 3.63) is 35.4 Å². The van der Waals surface area contributed by atoms with E-state index in [0.717, 1.165) is 43.6 Å². The Hall–Kier alpha value is -2.29. The lowest BCUT2D eigenvalue weighted by Crippen LogP contribution is -2.48. The van der Waals surface area contributed by atoms with Crippen molar-refractivity contribution >= 4 is 12.0 Å². The molecular weight excluding hydrogens is 363 g/mol. The molecule has 1 aliphatic rings. The van der Waals surface area contributed by atoms with Crippen LogP contribution in [0.15, 0.2) is 24.3 Å². The van der Waals surface area contributed by atoms with Gasteiger partial charge < -0.3 is 15.3 Å². The quantitative estimate of drug-likeness (QED) is 0.752. The summed E-state index contributed by atoms with van der Waals surface area (Å²) in [5, 5.41) is 10.8. The summed E-state index contributed by atoms with van der Waals surface area (Å²) >= 11 is 0. The van der Waals surface area contributed by atoms with Crippen molar-refractivity contribution < 1.29 is 27.9 Å². The number of benzene rings is 1. The number of carbonyl (C=O) groups excluding carboxylic acids is 1. The van der Waals surface area contributed by atoms with Gasteiger partial charge in [0.15, 0.2) is 0 Å². The fraction of sp³-hybridized carbons (Fsp3) is 0.556. The molecule has 1 aliphatic heterocycles. The normalized spacial score (nSPS) is 15.6. The lowest BCUT2D eigenvalue weighted by Gasteiger charge is -2.33. The molecule has 0 unspecified atom stereocenters. The zero-order chi connectivity index (χ0) is 19.9. The summed E-state index contributed by atoms with van der Waals surface area (Å²) < 4.78 is 36.3. The second-order valence-corrected chi connectivity index (χ2v) is 6.53. The first-order valence-electron chi connectivity index (χ1n) is 8.89. The van der Waals surface area contributed by atoms with Gasteiger partial charge in [-0.3, -0.25) is 9.69 Å². The number of hydrogen-bond donors (Lipinski definition) is 2. The third kappa shape index (κ3) is 7.09. The van der Waals surface area contributed by atoms with E-state index in [4.69, 9.17) is 5.11 Å². The van der Waals surface area contributed by atoms with Crippen LogP contribution in [-0.2, 0) is 17.6 Å². The number of halogens is 3. The minimum Gasteiger partial charge on any atom is -0.465 e. The maximum atomic E-state index is 12.1. The average molecular weight is 387 g/mol. The molecule has 1 saturated heterocycles. The summed E-state index contributed by atoms with van der Waals surface area (Å²) in [5.41, 5.74) is 2.01. The summed E-state index contributed by atoms with van der Waals surface area (Å²) in [4.78, 5) is 25.3. The van der Waals surface area contributed by atoms with Gasteiger partial charge in [-0.1, -0.05) is 24.3 Å². The molecule has 0 aliphatic carbocycles. The van der Waals surface area contributed by atoms with Crippen molar-refractivity contribution in [2.24, 2.45) is 0 Å². The second kappa shape index (κ2) is 9.59. The molecule has 0 atom stereocenters. The van der Waals surface area contributed by atoms with Gasteiger partial charge in [0.25, 0.3) is 0 Å². The van der Waals surface area contributed by atoms with Crippen LogP contribution in [0.25, 0.3) is 0 Å². The summed E-state index contributed by atoms with van der Waals surface area (Å²) in [6.45, 7) is 3.41. The predicted molar refractivity (Wildman–Crippen MR) is 93.6 cm³/mol. The second-order valence-electron chi connectivity index (χ2n) is 6.53. The monoisotopic (exact) mass is 387 g/mol. The standard InChI is InChI=1S/C18H24F3N3O3/c19-18(20,21)16(25)22-8-7-15-5-3-14(4-6-15)2-1-9-23-10-12-24(13-11-23)17(26)27/h3-6H,1-2,7-13H2,(H,22,25)(H,26,27). The number of aryl methyl sites for hydroxylation is 1. The smallest absolute Gasteiger partial charge is 0.465 e. The highest BCUT2D eigenvalue weighted by Crippen LogP contribution is 2.14. The van der Waals surface area contributed by atoms with Gasteiger partial charge in [-0.15, -0.1) is 0 Å². The summed E-state index contributed by atoms with van der Waals surface area (Å²) in [7, 11) is 0. The molecule has 150 valence electrons. The molecule has 2 rings (SSSR count). The lowest BCUT2D eigenvalue weighted by molar-refractivity contribution is -0.173. The first-order chi connectivity index (χ1) is 12.8. The topological polar surface area (TPSA) is 72.9 Å². The number of carbonyl (C=O) groups is 2. The first-order valence-corrected chi connectivity index (χ1v) is 8.89. The number of hydrogen-bond acceptors (Lipinski definition) is 3. The molecule has 0 bridgehead atoms. The number of nitrogens with zero attached hydrogens (tertiary/aromatic N) is 2. The number of piperazine rings is 1. The Morgan fingerprint density at radius 1 is 1.00 bits per heavy atom. The van der Waals surface area contributed by atoms with Crippen LogP contribution in [0.2, 0.25) is 0 Å². The summed E-state index contributed by atoms with van der Waals surface area (Å²) in [5.74, 6) is -1.91. The van der Waals surface area contributed by atoms with Gasteiger partial charge in [0.1, 0.15) is 0 Å². The van der Waals surface area contributed by atoms with Gasteiger partial charge in [-0.25, -0.2) is 4.79 Å². The number of alkyl halides is 3. The van der Waals surface area contributed by atoms with E-state index in [0.29, 0.717) is 19.5 Å². The Kier molecular flexibility index (Phi) is 7.46. The largest absolute Gasteiger partial charge is 0.471 e. The lowest BCUT2D eigenvalue weighted by atomic mass is 10.1. The minimum atomic E-state index is -4.84. The molecule has 1 fully saturated rings. The van der Waals surface area contributed by atoms with Crippen LogP contribution in [0, 0.1) is 0 Å². The third-order valence-electron chi connectivity index (χ3n) is 4.56. The minimum absolute atomic E-state index is 0.0555. The van der Waals surface area contributed by atoms with E-state index in [9.17, 15) is 22.8 Å². The zero-order valence-corrected chi connectivity index (χ0v) is 15.0. The summed E-state index contributed by atoms with van der Waals surface area (Å²) in [6.07, 6.45) is -3.54. The first kappa shape index (κ1) is 21.0. The van der Waals surface area contributed by atoms with Crippen LogP contribution in [0.5, 0.6) is 0 Å². The zero-order valence-electron chi connectivity index (χ0n) is 15.0. The van der Waals surface area contributed by atoms with E-state index in [2.05, 4.69) is 4.90 Å². The summed E-state index contributed by atoms with van der Waals surface area (Å²) in [6, 6.07) is 7.62. The van der Waals surface area contributed by atoms with E-state index in [1.807, 2.05) is 29.6 Å². The Morgan fingerprint density at radius 3 is 2.07 bits per heavy atom. The van der Waals surface area contributed by atoms with Crippen LogP contribution in [0.3, 0.4) is 0 Å². The molecule has 0 radical (unpaired) electrons. The predicted octanol–water partition coefficient (Wildman–Crippen LogP) is 2.14. The van der Waals surface area contributed by atoms with Gasteiger partial charge in [0, 0.05) is 32.7 Å². The Labute approximate surface area is 155 Å². The molecule has 2 amide bonds. The molecule has 0 saturated carbocycles. The fourth-order valence-electron chi connectivity index (χ4n) is 2.96. The highest BCUT2D eigenvalue weighted by molar-refractivity contribution is 5.81. The number of amides is 2. The van der Waals surface area contributed by atoms with Crippen molar-refractivity contribution in [1.82, 2.24) is 15.1 Å². The Bertz CT molecular complexity index is 627. The highest BCUT2D eigenvalue weighted by atomic mass is 19.4. The number of rotatable bonds is 7. The molecular formula is C18H24F3N3O3. The van der Waals surface area contributed by atoms with Crippen LogP contribution in [0.4, 0.5) is 18.0 Å². The molecule has 27 heavy (non-hydrogen) atoms. The van der Waals surface area contributed by atoms with Crippen LogP contribution < -0.4 is 5.32 Å². The van der Waals surface area contributed by atoms with Crippen molar-refractivity contribution in [3.8, 4) is 0 Å². The SMILES string of the molecule is O=C(O)N1CCN(CCCc2ccc(CCNC(=O)C(F)(F)F)cc2)CC1. The van der Waals surface area contributed by atoms with Gasteiger partial charge in [-0.2, -0.15) is 13.2 Å². The molecule has 1 heterocycles.